The average Bonchev–Trinajstić information content (AvgIpc) is 2.70. The van der Waals surface area contributed by atoms with Crippen LogP contribution in [-0.4, -0.2) is 85.7 Å². The Balaban J connectivity index is 1.58. The summed E-state index contributed by atoms with van der Waals surface area (Å²) >= 11 is 0. The van der Waals surface area contributed by atoms with Crippen LogP contribution in [0, 0.1) is 6.92 Å². The van der Waals surface area contributed by atoms with Crippen molar-refractivity contribution in [1.29, 1.82) is 0 Å². The number of rotatable bonds is 5. The smallest absolute Gasteiger partial charge is 0.256 e. The van der Waals surface area contributed by atoms with E-state index in [0.717, 1.165) is 5.56 Å². The van der Waals surface area contributed by atoms with E-state index in [2.05, 4.69) is 10.6 Å². The maximum atomic E-state index is 12.9. The van der Waals surface area contributed by atoms with Crippen molar-refractivity contribution in [2.45, 2.75) is 26.4 Å². The van der Waals surface area contributed by atoms with Crippen LogP contribution in [0.1, 0.15) is 19.4 Å². The maximum Gasteiger partial charge on any atom is 0.256 e. The molecule has 9 nitrogen and oxygen atoms in total. The van der Waals surface area contributed by atoms with Gasteiger partial charge in [0.15, 0.2) is 5.60 Å². The van der Waals surface area contributed by atoms with Gasteiger partial charge in [-0.1, -0.05) is 6.07 Å². The molecule has 30 heavy (non-hydrogen) atoms. The molecule has 2 aliphatic heterocycles. The Morgan fingerprint density at radius 1 is 1.10 bits per heavy atom. The normalized spacial score (nSPS) is 22.4. The maximum absolute atomic E-state index is 12.9. The number of carbonyl (C=O) groups excluding carboxylic acids is 3. The van der Waals surface area contributed by atoms with E-state index in [9.17, 15) is 14.4 Å². The van der Waals surface area contributed by atoms with E-state index in [1.165, 1.54) is 6.92 Å². The number of hydrogen-bond donors (Lipinski definition) is 2. The number of anilines is 2. The van der Waals surface area contributed by atoms with E-state index in [0.29, 0.717) is 57.4 Å². The zero-order valence-corrected chi connectivity index (χ0v) is 17.8. The van der Waals surface area contributed by atoms with Gasteiger partial charge >= 0.3 is 0 Å². The first-order chi connectivity index (χ1) is 14.3. The molecule has 1 aromatic carbocycles. The zero-order chi connectivity index (χ0) is 21.7. The van der Waals surface area contributed by atoms with E-state index in [1.807, 2.05) is 17.9 Å². The molecule has 1 atom stereocenters. The van der Waals surface area contributed by atoms with Crippen molar-refractivity contribution in [3.05, 3.63) is 23.8 Å². The second kappa shape index (κ2) is 9.55. The number of nitrogens with zero attached hydrogens (tertiary/aromatic N) is 2. The first kappa shape index (κ1) is 22.2. The predicted molar refractivity (Wildman–Crippen MR) is 112 cm³/mol. The van der Waals surface area contributed by atoms with Crippen LogP contribution in [0.3, 0.4) is 0 Å². The molecule has 2 aliphatic rings. The van der Waals surface area contributed by atoms with Gasteiger partial charge in [-0.2, -0.15) is 0 Å². The summed E-state index contributed by atoms with van der Waals surface area (Å²) in [7, 11) is 0. The number of aryl methyl sites for hydroxylation is 1. The molecule has 0 saturated carbocycles. The summed E-state index contributed by atoms with van der Waals surface area (Å²) in [4.78, 5) is 40.6. The lowest BCUT2D eigenvalue weighted by atomic mass is 10.0. The van der Waals surface area contributed by atoms with Crippen LogP contribution >= 0.6 is 0 Å². The molecule has 0 radical (unpaired) electrons. The van der Waals surface area contributed by atoms with Crippen LogP contribution in [0.15, 0.2) is 18.2 Å². The SMILES string of the molecule is CC(=O)Nc1cc(NC(=O)CN2CCOC(C)(C(=O)N3CCOCC3)C2)ccc1C. The number of ether oxygens (including phenoxy) is 2. The molecule has 1 aromatic rings. The summed E-state index contributed by atoms with van der Waals surface area (Å²) < 4.78 is 11.1. The first-order valence-corrected chi connectivity index (χ1v) is 10.2. The molecule has 2 heterocycles. The Morgan fingerprint density at radius 3 is 2.53 bits per heavy atom. The molecular weight excluding hydrogens is 388 g/mol. The fraction of sp³-hybridized carbons (Fsp3) is 0.571. The molecular formula is C21H30N4O5. The molecule has 2 fully saturated rings. The van der Waals surface area contributed by atoms with Gasteiger partial charge in [-0.05, 0) is 31.5 Å². The lowest BCUT2D eigenvalue weighted by Crippen LogP contribution is -2.61. The van der Waals surface area contributed by atoms with E-state index >= 15 is 0 Å². The molecule has 9 heteroatoms. The molecule has 164 valence electrons. The molecule has 3 rings (SSSR count). The van der Waals surface area contributed by atoms with Crippen LogP contribution in [0.4, 0.5) is 11.4 Å². The summed E-state index contributed by atoms with van der Waals surface area (Å²) in [5, 5.41) is 5.62. The van der Waals surface area contributed by atoms with Crippen LogP contribution < -0.4 is 10.6 Å². The Kier molecular flexibility index (Phi) is 7.06. The van der Waals surface area contributed by atoms with Crippen molar-refractivity contribution < 1.29 is 23.9 Å². The lowest BCUT2D eigenvalue weighted by molar-refractivity contribution is -0.171. The minimum Gasteiger partial charge on any atom is -0.378 e. The minimum absolute atomic E-state index is 0.0607. The molecule has 2 N–H and O–H groups in total. The highest BCUT2D eigenvalue weighted by atomic mass is 16.5. The summed E-state index contributed by atoms with van der Waals surface area (Å²) in [5.74, 6) is -0.413. The number of carbonyl (C=O) groups is 3. The van der Waals surface area contributed by atoms with Gasteiger partial charge in [-0.25, -0.2) is 0 Å². The molecule has 2 saturated heterocycles. The van der Waals surface area contributed by atoms with Gasteiger partial charge in [0.1, 0.15) is 0 Å². The van der Waals surface area contributed by atoms with Gasteiger partial charge in [-0.3, -0.25) is 19.3 Å². The Hall–Kier alpha value is -2.49. The Labute approximate surface area is 176 Å². The standard InChI is InChI=1S/C21H30N4O5/c1-15-4-5-17(12-18(15)22-16(2)26)23-19(27)13-24-6-11-30-21(3,14-24)20(28)25-7-9-29-10-8-25/h4-5,12H,6-11,13-14H2,1-3H3,(H,22,26)(H,23,27). The van der Waals surface area contributed by atoms with Gasteiger partial charge in [0, 0.05) is 44.5 Å². The molecule has 0 aromatic heterocycles. The predicted octanol–water partition coefficient (Wildman–Crippen LogP) is 0.842. The number of nitrogens with one attached hydrogen (secondary N) is 2. The van der Waals surface area contributed by atoms with Crippen LogP contribution in [-0.2, 0) is 23.9 Å². The van der Waals surface area contributed by atoms with Crippen molar-refractivity contribution in [2.24, 2.45) is 0 Å². The number of hydrogen-bond acceptors (Lipinski definition) is 6. The van der Waals surface area contributed by atoms with Crippen molar-refractivity contribution in [1.82, 2.24) is 9.80 Å². The van der Waals surface area contributed by atoms with Crippen molar-refractivity contribution in [3.63, 3.8) is 0 Å². The number of benzene rings is 1. The third-order valence-electron chi connectivity index (χ3n) is 5.30. The largest absolute Gasteiger partial charge is 0.378 e. The summed E-state index contributed by atoms with van der Waals surface area (Å²) in [6.07, 6.45) is 0. The van der Waals surface area contributed by atoms with Gasteiger partial charge in [-0.15, -0.1) is 0 Å². The molecule has 0 bridgehead atoms. The topological polar surface area (TPSA) is 100 Å². The van der Waals surface area contributed by atoms with E-state index in [4.69, 9.17) is 9.47 Å². The van der Waals surface area contributed by atoms with Gasteiger partial charge in [0.2, 0.25) is 11.8 Å². The van der Waals surface area contributed by atoms with E-state index in [1.54, 1.807) is 24.0 Å². The average molecular weight is 418 g/mol. The number of morpholine rings is 2. The minimum atomic E-state index is -0.974. The highest BCUT2D eigenvalue weighted by Crippen LogP contribution is 2.23. The van der Waals surface area contributed by atoms with Crippen molar-refractivity contribution in [2.75, 3.05) is 63.2 Å². The highest BCUT2D eigenvalue weighted by Gasteiger charge is 2.42. The monoisotopic (exact) mass is 418 g/mol. The number of amides is 3. The molecule has 3 amide bonds. The third-order valence-corrected chi connectivity index (χ3v) is 5.30. The van der Waals surface area contributed by atoms with Gasteiger partial charge < -0.3 is 25.0 Å². The van der Waals surface area contributed by atoms with E-state index < -0.39 is 5.60 Å². The fourth-order valence-electron chi connectivity index (χ4n) is 3.74. The quantitative estimate of drug-likeness (QED) is 0.735. The fourth-order valence-corrected chi connectivity index (χ4v) is 3.74. The van der Waals surface area contributed by atoms with Gasteiger partial charge in [0.05, 0.1) is 26.4 Å². The first-order valence-electron chi connectivity index (χ1n) is 10.2. The van der Waals surface area contributed by atoms with Crippen molar-refractivity contribution in [3.8, 4) is 0 Å². The summed E-state index contributed by atoms with van der Waals surface area (Å²) in [6.45, 7) is 8.76. The summed E-state index contributed by atoms with van der Waals surface area (Å²) in [6, 6.07) is 5.37. The highest BCUT2D eigenvalue weighted by molar-refractivity contribution is 5.95. The van der Waals surface area contributed by atoms with Crippen LogP contribution in [0.2, 0.25) is 0 Å². The molecule has 0 spiro atoms. The van der Waals surface area contributed by atoms with Crippen LogP contribution in [0.5, 0.6) is 0 Å². The van der Waals surface area contributed by atoms with Crippen LogP contribution in [0.25, 0.3) is 0 Å². The summed E-state index contributed by atoms with van der Waals surface area (Å²) in [5.41, 5.74) is 1.21. The van der Waals surface area contributed by atoms with Crippen molar-refractivity contribution >= 4 is 29.1 Å². The zero-order valence-electron chi connectivity index (χ0n) is 17.8. The Bertz CT molecular complexity index is 809. The Morgan fingerprint density at radius 2 is 1.83 bits per heavy atom. The third kappa shape index (κ3) is 5.56. The second-order valence-electron chi connectivity index (χ2n) is 7.95. The van der Waals surface area contributed by atoms with E-state index in [-0.39, 0.29) is 24.3 Å². The van der Waals surface area contributed by atoms with Gasteiger partial charge in [0.25, 0.3) is 5.91 Å². The second-order valence-corrected chi connectivity index (χ2v) is 7.95. The molecule has 1 unspecified atom stereocenters. The molecule has 0 aliphatic carbocycles. The lowest BCUT2D eigenvalue weighted by Gasteiger charge is -2.42.